The zero-order chi connectivity index (χ0) is 13.1. The van der Waals surface area contributed by atoms with Gasteiger partial charge in [-0.2, -0.15) is 5.10 Å². The predicted molar refractivity (Wildman–Crippen MR) is 72.8 cm³/mol. The second-order valence-electron chi connectivity index (χ2n) is 4.04. The monoisotopic (exact) mass is 311 g/mol. The fourth-order valence-corrected chi connectivity index (χ4v) is 2.46. The van der Waals surface area contributed by atoms with Gasteiger partial charge in [-0.1, -0.05) is 22.9 Å². The van der Waals surface area contributed by atoms with E-state index in [-0.39, 0.29) is 11.9 Å². The lowest BCUT2D eigenvalue weighted by Gasteiger charge is -2.20. The van der Waals surface area contributed by atoms with Crippen molar-refractivity contribution in [3.8, 4) is 0 Å². The molecule has 1 aromatic heterocycles. The van der Waals surface area contributed by atoms with Gasteiger partial charge in [-0.05, 0) is 36.4 Å². The second-order valence-corrected chi connectivity index (χ2v) is 4.89. The SMILES string of the molecule is CCNC(c1cc(F)ccc1Br)c1ccnn1C. The van der Waals surface area contributed by atoms with Gasteiger partial charge in [0.05, 0.1) is 11.7 Å². The maximum Gasteiger partial charge on any atom is 0.123 e. The Bertz CT molecular complexity index is 539. The summed E-state index contributed by atoms with van der Waals surface area (Å²) in [7, 11) is 1.88. The molecule has 0 aliphatic rings. The third-order valence-electron chi connectivity index (χ3n) is 2.83. The normalized spacial score (nSPS) is 12.7. The highest BCUT2D eigenvalue weighted by Gasteiger charge is 2.19. The maximum absolute atomic E-state index is 13.4. The third kappa shape index (κ3) is 2.62. The summed E-state index contributed by atoms with van der Waals surface area (Å²) in [5.41, 5.74) is 1.88. The Morgan fingerprint density at radius 1 is 1.44 bits per heavy atom. The van der Waals surface area contributed by atoms with Crippen LogP contribution in [-0.4, -0.2) is 16.3 Å². The van der Waals surface area contributed by atoms with E-state index in [1.54, 1.807) is 23.0 Å². The first-order valence-electron chi connectivity index (χ1n) is 5.79. The third-order valence-corrected chi connectivity index (χ3v) is 3.55. The van der Waals surface area contributed by atoms with Gasteiger partial charge in [0.25, 0.3) is 0 Å². The van der Waals surface area contributed by atoms with E-state index in [4.69, 9.17) is 0 Å². The van der Waals surface area contributed by atoms with Gasteiger partial charge in [0, 0.05) is 17.7 Å². The molecule has 0 aliphatic carbocycles. The molecule has 0 saturated carbocycles. The number of hydrogen-bond donors (Lipinski definition) is 1. The van der Waals surface area contributed by atoms with Gasteiger partial charge in [0.1, 0.15) is 5.82 Å². The fourth-order valence-electron chi connectivity index (χ4n) is 1.98. The number of halogens is 2. The molecule has 5 heteroatoms. The summed E-state index contributed by atoms with van der Waals surface area (Å²) >= 11 is 3.47. The lowest BCUT2D eigenvalue weighted by atomic mass is 10.0. The van der Waals surface area contributed by atoms with Crippen LogP contribution in [0.3, 0.4) is 0 Å². The number of nitrogens with zero attached hydrogens (tertiary/aromatic N) is 2. The molecule has 0 aliphatic heterocycles. The molecule has 0 saturated heterocycles. The molecule has 0 radical (unpaired) electrons. The van der Waals surface area contributed by atoms with E-state index >= 15 is 0 Å². The zero-order valence-corrected chi connectivity index (χ0v) is 11.9. The molecule has 0 spiro atoms. The lowest BCUT2D eigenvalue weighted by Crippen LogP contribution is -2.24. The first-order chi connectivity index (χ1) is 8.63. The van der Waals surface area contributed by atoms with Crippen LogP contribution in [-0.2, 0) is 7.05 Å². The van der Waals surface area contributed by atoms with Crippen LogP contribution in [0.25, 0.3) is 0 Å². The van der Waals surface area contributed by atoms with Crippen LogP contribution in [0.5, 0.6) is 0 Å². The van der Waals surface area contributed by atoms with Crippen LogP contribution in [0.2, 0.25) is 0 Å². The maximum atomic E-state index is 13.4. The zero-order valence-electron chi connectivity index (χ0n) is 10.3. The number of aryl methyl sites for hydroxylation is 1. The number of rotatable bonds is 4. The first kappa shape index (κ1) is 13.2. The number of aromatic nitrogens is 2. The molecule has 0 fully saturated rings. The second kappa shape index (κ2) is 5.63. The number of hydrogen-bond acceptors (Lipinski definition) is 2. The molecule has 2 aromatic rings. The minimum Gasteiger partial charge on any atom is -0.305 e. The van der Waals surface area contributed by atoms with Crippen molar-refractivity contribution < 1.29 is 4.39 Å². The van der Waals surface area contributed by atoms with Gasteiger partial charge < -0.3 is 5.32 Å². The molecule has 1 heterocycles. The molecule has 0 bridgehead atoms. The average Bonchev–Trinajstić information content (AvgIpc) is 2.76. The van der Waals surface area contributed by atoms with Gasteiger partial charge in [0.15, 0.2) is 0 Å². The van der Waals surface area contributed by atoms with E-state index in [2.05, 4.69) is 26.3 Å². The van der Waals surface area contributed by atoms with E-state index in [0.717, 1.165) is 22.3 Å². The van der Waals surface area contributed by atoms with Gasteiger partial charge >= 0.3 is 0 Å². The van der Waals surface area contributed by atoms with E-state index in [1.165, 1.54) is 6.07 Å². The van der Waals surface area contributed by atoms with Crippen LogP contribution in [0.1, 0.15) is 24.2 Å². The smallest absolute Gasteiger partial charge is 0.123 e. The Labute approximate surface area is 114 Å². The highest BCUT2D eigenvalue weighted by atomic mass is 79.9. The summed E-state index contributed by atoms with van der Waals surface area (Å²) in [5, 5.41) is 7.52. The van der Waals surface area contributed by atoms with Crippen LogP contribution < -0.4 is 5.32 Å². The van der Waals surface area contributed by atoms with Crippen LogP contribution >= 0.6 is 15.9 Å². The van der Waals surface area contributed by atoms with Crippen LogP contribution in [0.15, 0.2) is 34.9 Å². The highest BCUT2D eigenvalue weighted by Crippen LogP contribution is 2.28. The summed E-state index contributed by atoms with van der Waals surface area (Å²) < 4.78 is 16.1. The molecule has 1 N–H and O–H groups in total. The van der Waals surface area contributed by atoms with Crippen molar-refractivity contribution in [2.24, 2.45) is 7.05 Å². The lowest BCUT2D eigenvalue weighted by molar-refractivity contribution is 0.563. The summed E-state index contributed by atoms with van der Waals surface area (Å²) in [6.45, 7) is 2.81. The topological polar surface area (TPSA) is 29.9 Å². The number of nitrogens with one attached hydrogen (secondary N) is 1. The summed E-state index contributed by atoms with van der Waals surface area (Å²) in [6.07, 6.45) is 1.74. The molecule has 18 heavy (non-hydrogen) atoms. The minimum absolute atomic E-state index is 0.0763. The summed E-state index contributed by atoms with van der Waals surface area (Å²) in [4.78, 5) is 0. The molecule has 1 aromatic carbocycles. The Hall–Kier alpha value is -1.20. The Morgan fingerprint density at radius 3 is 2.83 bits per heavy atom. The van der Waals surface area contributed by atoms with Crippen molar-refractivity contribution in [1.82, 2.24) is 15.1 Å². The van der Waals surface area contributed by atoms with Crippen molar-refractivity contribution in [1.29, 1.82) is 0 Å². The van der Waals surface area contributed by atoms with Crippen molar-refractivity contribution in [2.45, 2.75) is 13.0 Å². The van der Waals surface area contributed by atoms with Crippen molar-refractivity contribution >= 4 is 15.9 Å². The van der Waals surface area contributed by atoms with Crippen LogP contribution in [0, 0.1) is 5.82 Å². The molecule has 2 rings (SSSR count). The van der Waals surface area contributed by atoms with E-state index in [1.807, 2.05) is 20.0 Å². The minimum atomic E-state index is -0.238. The average molecular weight is 312 g/mol. The molecular weight excluding hydrogens is 297 g/mol. The quantitative estimate of drug-likeness (QED) is 0.940. The highest BCUT2D eigenvalue weighted by molar-refractivity contribution is 9.10. The summed E-state index contributed by atoms with van der Waals surface area (Å²) in [5.74, 6) is -0.238. The molecule has 3 nitrogen and oxygen atoms in total. The van der Waals surface area contributed by atoms with E-state index in [9.17, 15) is 4.39 Å². The largest absolute Gasteiger partial charge is 0.305 e. The van der Waals surface area contributed by atoms with E-state index < -0.39 is 0 Å². The van der Waals surface area contributed by atoms with E-state index in [0.29, 0.717) is 0 Å². The van der Waals surface area contributed by atoms with Crippen LogP contribution in [0.4, 0.5) is 4.39 Å². The van der Waals surface area contributed by atoms with Gasteiger partial charge in [0.2, 0.25) is 0 Å². The van der Waals surface area contributed by atoms with Gasteiger partial charge in [-0.25, -0.2) is 4.39 Å². The standard InChI is InChI=1S/C13H15BrFN3/c1-3-16-13(12-6-7-17-18(12)2)10-8-9(15)4-5-11(10)14/h4-8,13,16H,3H2,1-2H3. The predicted octanol–water partition coefficient (Wildman–Crippen LogP) is 3.02. The van der Waals surface area contributed by atoms with Crippen molar-refractivity contribution in [3.05, 3.63) is 52.0 Å². The molecule has 96 valence electrons. The molecule has 1 unspecified atom stereocenters. The Balaban J connectivity index is 2.48. The Morgan fingerprint density at radius 2 is 2.22 bits per heavy atom. The molecule has 1 atom stereocenters. The number of benzene rings is 1. The fraction of sp³-hybridized carbons (Fsp3) is 0.308. The van der Waals surface area contributed by atoms with Crippen molar-refractivity contribution in [2.75, 3.05) is 6.54 Å². The molecular formula is C13H15BrFN3. The molecule has 0 amide bonds. The van der Waals surface area contributed by atoms with Crippen molar-refractivity contribution in [3.63, 3.8) is 0 Å². The first-order valence-corrected chi connectivity index (χ1v) is 6.59. The van der Waals surface area contributed by atoms with Gasteiger partial charge in [-0.15, -0.1) is 0 Å². The summed E-state index contributed by atoms with van der Waals surface area (Å²) in [6, 6.07) is 6.58. The Kier molecular flexibility index (Phi) is 4.14. The van der Waals surface area contributed by atoms with Gasteiger partial charge in [-0.3, -0.25) is 4.68 Å².